The molecule has 0 radical (unpaired) electrons. The number of hydrogen-bond acceptors (Lipinski definition) is 1. The maximum absolute atomic E-state index is 3.92. The van der Waals surface area contributed by atoms with Gasteiger partial charge in [-0.2, -0.15) is 0 Å². The van der Waals surface area contributed by atoms with Gasteiger partial charge < -0.3 is 10.9 Å². The smallest absolute Gasteiger partial charge is 0.0245 e. The molecule has 1 rings (SSSR count). The van der Waals surface area contributed by atoms with Crippen molar-refractivity contribution in [3.05, 3.63) is 17.7 Å². The zero-order valence-electron chi connectivity index (χ0n) is 4.39. The molecule has 1 unspecified atom stereocenters. The molecule has 0 aromatic rings. The van der Waals surface area contributed by atoms with Gasteiger partial charge in [0.1, 0.15) is 0 Å². The van der Waals surface area contributed by atoms with Crippen molar-refractivity contribution in [3.8, 4) is 0 Å². The van der Waals surface area contributed by atoms with Crippen molar-refractivity contribution in [2.75, 3.05) is 6.54 Å². The predicted octanol–water partition coefficient (Wildman–Crippen LogP) is 1.03. The molecule has 2 nitrogen and oxygen atoms in total. The molecular formula is C5H9N2-. The van der Waals surface area contributed by atoms with Gasteiger partial charge in [0.15, 0.2) is 0 Å². The molecule has 2 heteroatoms. The van der Waals surface area contributed by atoms with Crippen LogP contribution in [0.2, 0.25) is 0 Å². The largest absolute Gasteiger partial charge is 0.571 e. The summed E-state index contributed by atoms with van der Waals surface area (Å²) in [7, 11) is 0. The molecule has 0 bridgehead atoms. The zero-order valence-corrected chi connectivity index (χ0v) is 4.39. The fourth-order valence-electron chi connectivity index (χ4n) is 0.518. The summed E-state index contributed by atoms with van der Waals surface area (Å²) in [5, 5.41) is 0. The minimum atomic E-state index is 0.626. The Kier molecular flexibility index (Phi) is 1.32. The second-order valence-corrected chi connectivity index (χ2v) is 1.81. The lowest BCUT2D eigenvalue weighted by Gasteiger charge is -2.27. The van der Waals surface area contributed by atoms with Crippen molar-refractivity contribution in [2.24, 2.45) is 5.92 Å². The molecule has 1 aliphatic rings. The van der Waals surface area contributed by atoms with Gasteiger partial charge in [0.2, 0.25) is 0 Å². The summed E-state index contributed by atoms with van der Waals surface area (Å²) in [6.07, 6.45) is 3.97. The van der Waals surface area contributed by atoms with Gasteiger partial charge in [0.25, 0.3) is 0 Å². The quantitative estimate of drug-likeness (QED) is 0.480. The van der Waals surface area contributed by atoms with E-state index in [4.69, 9.17) is 0 Å². The van der Waals surface area contributed by atoms with Gasteiger partial charge in [0, 0.05) is 0 Å². The normalized spacial score (nSPS) is 29.6. The SMILES string of the molecule is CC1C=CN[N-]C1. The standard InChI is InChI=1S/C5H9N2/c1-5-2-3-6-7-4-5/h2-3,5-6H,4H2,1H3/q-1. The highest BCUT2D eigenvalue weighted by Crippen LogP contribution is 2.03. The van der Waals surface area contributed by atoms with Crippen LogP contribution < -0.4 is 5.43 Å². The maximum Gasteiger partial charge on any atom is -0.0245 e. The number of nitrogens with zero attached hydrogens (tertiary/aromatic N) is 1. The number of hydrogen-bond donors (Lipinski definition) is 1. The lowest BCUT2D eigenvalue weighted by molar-refractivity contribution is 0.717. The number of nitrogens with one attached hydrogen (secondary N) is 1. The summed E-state index contributed by atoms with van der Waals surface area (Å²) >= 11 is 0. The Morgan fingerprint density at radius 2 is 2.71 bits per heavy atom. The van der Waals surface area contributed by atoms with Crippen LogP contribution in [0.1, 0.15) is 6.92 Å². The Bertz CT molecular complexity index is 78.1. The fourth-order valence-corrected chi connectivity index (χ4v) is 0.518. The lowest BCUT2D eigenvalue weighted by atomic mass is 10.2. The van der Waals surface area contributed by atoms with Crippen molar-refractivity contribution in [1.82, 2.24) is 5.43 Å². The highest BCUT2D eigenvalue weighted by Gasteiger charge is 1.88. The Morgan fingerprint density at radius 3 is 3.00 bits per heavy atom. The van der Waals surface area contributed by atoms with E-state index in [1.165, 1.54) is 0 Å². The second kappa shape index (κ2) is 1.98. The molecule has 1 heterocycles. The van der Waals surface area contributed by atoms with Gasteiger partial charge in [-0.05, 0) is 12.1 Å². The van der Waals surface area contributed by atoms with E-state index in [1.807, 2.05) is 6.20 Å². The Hall–Kier alpha value is -0.500. The Labute approximate surface area is 43.6 Å². The van der Waals surface area contributed by atoms with Gasteiger partial charge in [-0.25, -0.2) is 0 Å². The monoisotopic (exact) mass is 97.1 g/mol. The van der Waals surface area contributed by atoms with Crippen molar-refractivity contribution < 1.29 is 0 Å². The van der Waals surface area contributed by atoms with Gasteiger partial charge in [-0.3, -0.25) is 0 Å². The van der Waals surface area contributed by atoms with E-state index in [0.717, 1.165) is 6.54 Å². The molecule has 1 N–H and O–H groups in total. The molecule has 1 aliphatic heterocycles. The summed E-state index contributed by atoms with van der Waals surface area (Å²) < 4.78 is 0. The van der Waals surface area contributed by atoms with E-state index < -0.39 is 0 Å². The van der Waals surface area contributed by atoms with Crippen LogP contribution in [-0.4, -0.2) is 6.54 Å². The molecule has 0 aromatic heterocycles. The van der Waals surface area contributed by atoms with Crippen LogP contribution >= 0.6 is 0 Å². The van der Waals surface area contributed by atoms with Crippen molar-refractivity contribution in [2.45, 2.75) is 6.92 Å². The third-order valence-electron chi connectivity index (χ3n) is 0.970. The highest BCUT2D eigenvalue weighted by atomic mass is 15.3. The molecule has 0 amide bonds. The molecule has 0 aliphatic carbocycles. The van der Waals surface area contributed by atoms with E-state index in [0.29, 0.717) is 5.92 Å². The fraction of sp³-hybridized carbons (Fsp3) is 0.600. The van der Waals surface area contributed by atoms with Crippen LogP contribution in [0.15, 0.2) is 12.3 Å². The van der Waals surface area contributed by atoms with Crippen LogP contribution in [0.4, 0.5) is 0 Å². The van der Waals surface area contributed by atoms with Gasteiger partial charge in [0.05, 0.1) is 0 Å². The van der Waals surface area contributed by atoms with Crippen LogP contribution in [0.5, 0.6) is 0 Å². The summed E-state index contributed by atoms with van der Waals surface area (Å²) in [6.45, 7) is 3.05. The molecule has 1 atom stereocenters. The van der Waals surface area contributed by atoms with E-state index >= 15 is 0 Å². The molecule has 0 spiro atoms. The Morgan fingerprint density at radius 1 is 1.86 bits per heavy atom. The zero-order chi connectivity index (χ0) is 5.11. The maximum atomic E-state index is 3.92. The molecular weight excluding hydrogens is 88.1 g/mol. The summed E-state index contributed by atoms with van der Waals surface area (Å²) in [4.78, 5) is 0. The minimum Gasteiger partial charge on any atom is -0.571 e. The molecule has 0 fully saturated rings. The average Bonchev–Trinajstić information content (AvgIpc) is 1.69. The molecule has 7 heavy (non-hydrogen) atoms. The van der Waals surface area contributed by atoms with Crippen LogP contribution in [-0.2, 0) is 0 Å². The van der Waals surface area contributed by atoms with E-state index in [9.17, 15) is 0 Å². The molecule has 0 saturated heterocycles. The van der Waals surface area contributed by atoms with Crippen LogP contribution in [0, 0.1) is 5.92 Å². The lowest BCUT2D eigenvalue weighted by Crippen LogP contribution is -2.11. The first-order valence-electron chi connectivity index (χ1n) is 2.48. The highest BCUT2D eigenvalue weighted by molar-refractivity contribution is 4.98. The first-order valence-corrected chi connectivity index (χ1v) is 2.48. The van der Waals surface area contributed by atoms with E-state index in [2.05, 4.69) is 23.9 Å². The summed E-state index contributed by atoms with van der Waals surface area (Å²) in [5.74, 6) is 0.626. The number of rotatable bonds is 0. The van der Waals surface area contributed by atoms with Gasteiger partial charge >= 0.3 is 0 Å². The molecule has 0 aromatic carbocycles. The predicted molar refractivity (Wildman–Crippen MR) is 29.7 cm³/mol. The molecule has 0 saturated carbocycles. The third-order valence-corrected chi connectivity index (χ3v) is 0.970. The third kappa shape index (κ3) is 1.20. The topological polar surface area (TPSA) is 26.1 Å². The van der Waals surface area contributed by atoms with Crippen molar-refractivity contribution >= 4 is 0 Å². The summed E-state index contributed by atoms with van der Waals surface area (Å²) in [5.41, 5.74) is 6.68. The van der Waals surface area contributed by atoms with E-state index in [1.54, 1.807) is 0 Å². The van der Waals surface area contributed by atoms with Crippen molar-refractivity contribution in [1.29, 1.82) is 0 Å². The van der Waals surface area contributed by atoms with Gasteiger partial charge in [-0.1, -0.05) is 13.0 Å². The average molecular weight is 97.1 g/mol. The first kappa shape index (κ1) is 4.65. The Balaban J connectivity index is 2.36. The van der Waals surface area contributed by atoms with Gasteiger partial charge in [-0.15, -0.1) is 6.54 Å². The van der Waals surface area contributed by atoms with Crippen LogP contribution in [0.3, 0.4) is 0 Å². The van der Waals surface area contributed by atoms with Crippen LogP contribution in [0.25, 0.3) is 5.43 Å². The van der Waals surface area contributed by atoms with Crippen molar-refractivity contribution in [3.63, 3.8) is 0 Å². The second-order valence-electron chi connectivity index (χ2n) is 1.81. The first-order chi connectivity index (χ1) is 3.39. The molecule has 40 valence electrons. The minimum absolute atomic E-state index is 0.626. The van der Waals surface area contributed by atoms with E-state index in [-0.39, 0.29) is 0 Å². The summed E-state index contributed by atoms with van der Waals surface area (Å²) in [6, 6.07) is 0.